The summed E-state index contributed by atoms with van der Waals surface area (Å²) in [5, 5.41) is 7.53. The molecule has 10 aromatic rings. The van der Waals surface area contributed by atoms with E-state index in [2.05, 4.69) is 177 Å². The summed E-state index contributed by atoms with van der Waals surface area (Å²) in [5.74, 6) is 0. The molecule has 0 atom stereocenters. The molecule has 0 bridgehead atoms. The highest BCUT2D eigenvalue weighted by molar-refractivity contribution is 6.24. The average Bonchev–Trinajstić information content (AvgIpc) is 3.74. The molecule has 0 aliphatic carbocycles. The van der Waals surface area contributed by atoms with Gasteiger partial charge in [0.2, 0.25) is 0 Å². The second-order valence-corrected chi connectivity index (χ2v) is 11.8. The molecule has 0 aliphatic rings. The van der Waals surface area contributed by atoms with Crippen molar-refractivity contribution in [1.29, 1.82) is 0 Å². The Balaban J connectivity index is 1.40. The number of hydrogen-bond acceptors (Lipinski definition) is 0. The number of benzene rings is 7. The molecule has 0 unspecified atom stereocenters. The lowest BCUT2D eigenvalue weighted by Crippen LogP contribution is -1.99. The van der Waals surface area contributed by atoms with E-state index in [-0.39, 0.29) is 0 Å². The molecule has 3 heteroatoms. The van der Waals surface area contributed by atoms with Gasteiger partial charge in [-0.05, 0) is 54.6 Å². The summed E-state index contributed by atoms with van der Waals surface area (Å²) in [4.78, 5) is 0. The first-order valence-electron chi connectivity index (χ1n) is 15.5. The highest BCUT2D eigenvalue weighted by atomic mass is 15.1. The van der Waals surface area contributed by atoms with Crippen LogP contribution in [-0.4, -0.2) is 13.7 Å². The lowest BCUT2D eigenvalue weighted by molar-refractivity contribution is 1.14. The number of nitrogens with zero attached hydrogens (tertiary/aromatic N) is 3. The molecule has 210 valence electrons. The SMILES string of the molecule is c1ccc(-n2c3ccccc3c3ccc(-n4c5ccccc5c5ccc6c7ccccc7n(-c7ccccc7)c6c54)cc32)cc1. The summed E-state index contributed by atoms with van der Waals surface area (Å²) in [5.41, 5.74) is 10.7. The molecule has 0 spiro atoms. The van der Waals surface area contributed by atoms with Crippen LogP contribution in [0.15, 0.2) is 164 Å². The second kappa shape index (κ2) is 9.22. The fraction of sp³-hybridized carbons (Fsp3) is 0. The van der Waals surface area contributed by atoms with E-state index >= 15 is 0 Å². The monoisotopic (exact) mass is 573 g/mol. The van der Waals surface area contributed by atoms with Crippen LogP contribution < -0.4 is 0 Å². The molecule has 10 rings (SSSR count). The molecule has 0 saturated heterocycles. The van der Waals surface area contributed by atoms with Crippen molar-refractivity contribution in [1.82, 2.24) is 13.7 Å². The Kier molecular flexibility index (Phi) is 5.00. The van der Waals surface area contributed by atoms with Gasteiger partial charge < -0.3 is 13.7 Å². The minimum Gasteiger partial charge on any atom is -0.309 e. The van der Waals surface area contributed by atoms with Crippen LogP contribution in [0.3, 0.4) is 0 Å². The largest absolute Gasteiger partial charge is 0.309 e. The molecule has 7 aromatic carbocycles. The van der Waals surface area contributed by atoms with Crippen molar-refractivity contribution in [2.24, 2.45) is 0 Å². The highest BCUT2D eigenvalue weighted by Crippen LogP contribution is 2.42. The van der Waals surface area contributed by atoms with Crippen molar-refractivity contribution in [2.75, 3.05) is 0 Å². The van der Waals surface area contributed by atoms with Crippen LogP contribution in [-0.2, 0) is 0 Å². The molecule has 3 nitrogen and oxygen atoms in total. The van der Waals surface area contributed by atoms with E-state index in [0.717, 1.165) is 17.1 Å². The third kappa shape index (κ3) is 3.35. The maximum absolute atomic E-state index is 2.48. The molecule has 3 aromatic heterocycles. The molecule has 0 fully saturated rings. The van der Waals surface area contributed by atoms with E-state index in [1.165, 1.54) is 65.4 Å². The average molecular weight is 574 g/mol. The lowest BCUT2D eigenvalue weighted by atomic mass is 10.1. The van der Waals surface area contributed by atoms with Crippen LogP contribution >= 0.6 is 0 Å². The smallest absolute Gasteiger partial charge is 0.0788 e. The minimum atomic E-state index is 1.14. The second-order valence-electron chi connectivity index (χ2n) is 11.8. The van der Waals surface area contributed by atoms with Crippen LogP contribution in [0.2, 0.25) is 0 Å². The van der Waals surface area contributed by atoms with Crippen molar-refractivity contribution in [3.05, 3.63) is 164 Å². The Labute approximate surface area is 259 Å². The number of rotatable bonds is 3. The van der Waals surface area contributed by atoms with Gasteiger partial charge in [-0.15, -0.1) is 0 Å². The molecule has 0 aliphatic heterocycles. The van der Waals surface area contributed by atoms with Crippen LogP contribution in [0.25, 0.3) is 82.5 Å². The van der Waals surface area contributed by atoms with Crippen molar-refractivity contribution < 1.29 is 0 Å². The van der Waals surface area contributed by atoms with Gasteiger partial charge >= 0.3 is 0 Å². The zero-order valence-electron chi connectivity index (χ0n) is 24.4. The summed E-state index contributed by atoms with van der Waals surface area (Å²) in [6.45, 7) is 0. The third-order valence-electron chi connectivity index (χ3n) is 9.41. The zero-order chi connectivity index (χ0) is 29.5. The number of para-hydroxylation sites is 5. The van der Waals surface area contributed by atoms with Crippen molar-refractivity contribution in [2.45, 2.75) is 0 Å². The van der Waals surface area contributed by atoms with Gasteiger partial charge in [-0.25, -0.2) is 0 Å². The summed E-state index contributed by atoms with van der Waals surface area (Å²) >= 11 is 0. The van der Waals surface area contributed by atoms with E-state index in [4.69, 9.17) is 0 Å². The highest BCUT2D eigenvalue weighted by Gasteiger charge is 2.22. The molecule has 0 saturated carbocycles. The van der Waals surface area contributed by atoms with Gasteiger partial charge in [-0.1, -0.05) is 109 Å². The summed E-state index contributed by atoms with van der Waals surface area (Å²) in [7, 11) is 0. The molecule has 45 heavy (non-hydrogen) atoms. The minimum absolute atomic E-state index is 1.14. The quantitative estimate of drug-likeness (QED) is 0.200. The predicted molar refractivity (Wildman–Crippen MR) is 189 cm³/mol. The molecule has 0 amide bonds. The van der Waals surface area contributed by atoms with E-state index in [9.17, 15) is 0 Å². The first-order valence-corrected chi connectivity index (χ1v) is 15.5. The third-order valence-corrected chi connectivity index (χ3v) is 9.41. The standard InChI is InChI=1S/C42H27N3/c1-3-13-28(14-4-1)43-37-20-10-7-17-31(37)34-24-23-30(27-40(34)43)45-39-22-12-9-19-33(39)36-26-25-35-32-18-8-11-21-38(32)44(41(35)42(36)45)29-15-5-2-6-16-29/h1-27H. The first kappa shape index (κ1) is 24.4. The van der Waals surface area contributed by atoms with Gasteiger partial charge in [0.05, 0.1) is 33.1 Å². The molecular formula is C42H27N3. The Morgan fingerprint density at radius 2 is 0.622 bits per heavy atom. The van der Waals surface area contributed by atoms with Crippen LogP contribution in [0.5, 0.6) is 0 Å². The molecule has 0 radical (unpaired) electrons. The Hall–Kier alpha value is -6.06. The van der Waals surface area contributed by atoms with Crippen molar-refractivity contribution in [3.8, 4) is 17.1 Å². The molecule has 3 heterocycles. The number of hydrogen-bond donors (Lipinski definition) is 0. The van der Waals surface area contributed by atoms with Gasteiger partial charge in [0.25, 0.3) is 0 Å². The summed E-state index contributed by atoms with van der Waals surface area (Å²) < 4.78 is 7.33. The first-order chi connectivity index (χ1) is 22.4. The zero-order valence-corrected chi connectivity index (χ0v) is 24.4. The van der Waals surface area contributed by atoms with Crippen LogP contribution in [0, 0.1) is 0 Å². The Bertz CT molecular complexity index is 2740. The fourth-order valence-corrected chi connectivity index (χ4v) is 7.57. The number of fused-ring (bicyclic) bond motifs is 10. The molecular weight excluding hydrogens is 546 g/mol. The van der Waals surface area contributed by atoms with Gasteiger partial charge in [0.1, 0.15) is 0 Å². The van der Waals surface area contributed by atoms with Crippen molar-refractivity contribution in [3.63, 3.8) is 0 Å². The predicted octanol–water partition coefficient (Wildman–Crippen LogP) is 11.0. The number of aromatic nitrogens is 3. The van der Waals surface area contributed by atoms with Gasteiger partial charge in [0, 0.05) is 49.4 Å². The Morgan fingerprint density at radius 3 is 1.18 bits per heavy atom. The topological polar surface area (TPSA) is 14.8 Å². The summed E-state index contributed by atoms with van der Waals surface area (Å²) in [6.07, 6.45) is 0. The maximum Gasteiger partial charge on any atom is 0.0788 e. The van der Waals surface area contributed by atoms with Gasteiger partial charge in [0.15, 0.2) is 0 Å². The van der Waals surface area contributed by atoms with E-state index in [0.29, 0.717) is 0 Å². The maximum atomic E-state index is 2.48. The van der Waals surface area contributed by atoms with Crippen LogP contribution in [0.1, 0.15) is 0 Å². The molecule has 0 N–H and O–H groups in total. The van der Waals surface area contributed by atoms with Crippen LogP contribution in [0.4, 0.5) is 0 Å². The Morgan fingerprint density at radius 1 is 0.244 bits per heavy atom. The lowest BCUT2D eigenvalue weighted by Gasteiger charge is -2.13. The van der Waals surface area contributed by atoms with Crippen molar-refractivity contribution >= 4 is 65.4 Å². The van der Waals surface area contributed by atoms with E-state index in [1.807, 2.05) is 0 Å². The van der Waals surface area contributed by atoms with Gasteiger partial charge in [-0.2, -0.15) is 0 Å². The van der Waals surface area contributed by atoms with E-state index < -0.39 is 0 Å². The van der Waals surface area contributed by atoms with Gasteiger partial charge in [-0.3, -0.25) is 0 Å². The summed E-state index contributed by atoms with van der Waals surface area (Å²) in [6, 6.07) is 59.4. The van der Waals surface area contributed by atoms with E-state index in [1.54, 1.807) is 0 Å². The normalized spacial score (nSPS) is 12.0. The fourth-order valence-electron chi connectivity index (χ4n) is 7.57.